The second kappa shape index (κ2) is 6.05. The summed E-state index contributed by atoms with van der Waals surface area (Å²) in [5.41, 5.74) is 1.35. The maximum absolute atomic E-state index is 11.5. The number of oxime groups is 1. The molecule has 0 aliphatic heterocycles. The highest BCUT2D eigenvalue weighted by atomic mass is 16.7. The molecule has 0 aromatic heterocycles. The summed E-state index contributed by atoms with van der Waals surface area (Å²) >= 11 is 0. The van der Waals surface area contributed by atoms with E-state index in [1.165, 1.54) is 0 Å². The Hall–Kier alpha value is -1.64. The Balaban J connectivity index is 2.53. The van der Waals surface area contributed by atoms with Gasteiger partial charge in [0.25, 0.3) is 0 Å². The molecular formula is C13H17NO2. The van der Waals surface area contributed by atoms with Crippen LogP contribution in [0.5, 0.6) is 0 Å². The minimum atomic E-state index is -0.413. The third-order valence-corrected chi connectivity index (χ3v) is 2.00. The smallest absolute Gasteiger partial charge is 0.313 e. The van der Waals surface area contributed by atoms with Gasteiger partial charge in [0.15, 0.2) is 0 Å². The fraction of sp³-hybridized carbons (Fsp3) is 0.385. The summed E-state index contributed by atoms with van der Waals surface area (Å²) in [5, 5.41) is 3.81. The van der Waals surface area contributed by atoms with Crippen molar-refractivity contribution < 1.29 is 9.63 Å². The SMILES string of the molecule is C/C(CC(C)C)=N\OC(=O)c1ccccc1. The second-order valence-corrected chi connectivity index (χ2v) is 4.17. The minimum absolute atomic E-state index is 0.413. The summed E-state index contributed by atoms with van der Waals surface area (Å²) in [6, 6.07) is 8.85. The van der Waals surface area contributed by atoms with Crippen molar-refractivity contribution in [3.63, 3.8) is 0 Å². The molecule has 0 spiro atoms. The average Bonchev–Trinajstić information content (AvgIpc) is 2.26. The van der Waals surface area contributed by atoms with E-state index in [-0.39, 0.29) is 0 Å². The van der Waals surface area contributed by atoms with Crippen molar-refractivity contribution >= 4 is 11.7 Å². The lowest BCUT2D eigenvalue weighted by molar-refractivity contribution is 0.0514. The Bertz CT molecular complexity index is 369. The van der Waals surface area contributed by atoms with E-state index in [1.807, 2.05) is 13.0 Å². The van der Waals surface area contributed by atoms with Crippen molar-refractivity contribution in [3.8, 4) is 0 Å². The Kier molecular flexibility index (Phi) is 4.70. The zero-order valence-electron chi connectivity index (χ0n) is 9.93. The van der Waals surface area contributed by atoms with Gasteiger partial charge in [0.1, 0.15) is 0 Å². The van der Waals surface area contributed by atoms with E-state index in [9.17, 15) is 4.79 Å². The zero-order valence-corrected chi connectivity index (χ0v) is 9.93. The van der Waals surface area contributed by atoms with E-state index in [4.69, 9.17) is 4.84 Å². The van der Waals surface area contributed by atoms with Crippen LogP contribution in [0.3, 0.4) is 0 Å². The van der Waals surface area contributed by atoms with Gasteiger partial charge >= 0.3 is 5.97 Å². The van der Waals surface area contributed by atoms with Crippen LogP contribution in [0.25, 0.3) is 0 Å². The van der Waals surface area contributed by atoms with Crippen LogP contribution in [-0.2, 0) is 4.84 Å². The molecule has 0 saturated heterocycles. The van der Waals surface area contributed by atoms with E-state index in [0.717, 1.165) is 12.1 Å². The number of hydrogen-bond donors (Lipinski definition) is 0. The number of carbonyl (C=O) groups is 1. The second-order valence-electron chi connectivity index (χ2n) is 4.17. The fourth-order valence-corrected chi connectivity index (χ4v) is 1.37. The van der Waals surface area contributed by atoms with Crippen LogP contribution >= 0.6 is 0 Å². The predicted molar refractivity (Wildman–Crippen MR) is 64.4 cm³/mol. The Morgan fingerprint density at radius 3 is 2.50 bits per heavy atom. The van der Waals surface area contributed by atoms with Gasteiger partial charge in [0.05, 0.1) is 11.3 Å². The number of carbonyl (C=O) groups excluding carboxylic acids is 1. The predicted octanol–water partition coefficient (Wildman–Crippen LogP) is 3.27. The van der Waals surface area contributed by atoms with Crippen LogP contribution < -0.4 is 0 Å². The first-order valence-electron chi connectivity index (χ1n) is 5.39. The van der Waals surface area contributed by atoms with Crippen molar-refractivity contribution in [2.45, 2.75) is 27.2 Å². The lowest BCUT2D eigenvalue weighted by Crippen LogP contribution is -2.04. The maximum Gasteiger partial charge on any atom is 0.365 e. The summed E-state index contributed by atoms with van der Waals surface area (Å²) in [6.07, 6.45) is 0.835. The summed E-state index contributed by atoms with van der Waals surface area (Å²) in [4.78, 5) is 16.3. The van der Waals surface area contributed by atoms with Crippen LogP contribution in [0.15, 0.2) is 35.5 Å². The summed E-state index contributed by atoms with van der Waals surface area (Å²) in [5.74, 6) is 0.0999. The first-order valence-corrected chi connectivity index (χ1v) is 5.39. The highest BCUT2D eigenvalue weighted by molar-refractivity contribution is 5.90. The van der Waals surface area contributed by atoms with E-state index in [1.54, 1.807) is 24.3 Å². The molecule has 0 radical (unpaired) electrons. The normalized spacial score (nSPS) is 11.6. The molecule has 86 valence electrons. The Labute approximate surface area is 96.1 Å². The van der Waals surface area contributed by atoms with Crippen LogP contribution in [0.2, 0.25) is 0 Å². The molecule has 3 nitrogen and oxygen atoms in total. The standard InChI is InChI=1S/C13H17NO2/c1-10(2)9-11(3)14-16-13(15)12-7-5-4-6-8-12/h4-8,10H,9H2,1-3H3/b14-11+. The Morgan fingerprint density at radius 1 is 1.31 bits per heavy atom. The molecule has 0 bridgehead atoms. The lowest BCUT2D eigenvalue weighted by Gasteiger charge is -2.03. The zero-order chi connectivity index (χ0) is 12.0. The third kappa shape index (κ3) is 4.26. The fourth-order valence-electron chi connectivity index (χ4n) is 1.37. The molecule has 1 aromatic carbocycles. The molecule has 0 amide bonds. The lowest BCUT2D eigenvalue weighted by atomic mass is 10.1. The van der Waals surface area contributed by atoms with Crippen molar-refractivity contribution in [2.75, 3.05) is 0 Å². The van der Waals surface area contributed by atoms with E-state index < -0.39 is 5.97 Å². The quantitative estimate of drug-likeness (QED) is 0.443. The van der Waals surface area contributed by atoms with Gasteiger partial charge in [0, 0.05) is 0 Å². The van der Waals surface area contributed by atoms with E-state index >= 15 is 0 Å². The van der Waals surface area contributed by atoms with Crippen molar-refractivity contribution in [2.24, 2.45) is 11.1 Å². The van der Waals surface area contributed by atoms with Gasteiger partial charge in [0.2, 0.25) is 0 Å². The number of hydrogen-bond acceptors (Lipinski definition) is 3. The Morgan fingerprint density at radius 2 is 1.94 bits per heavy atom. The first-order chi connectivity index (χ1) is 7.59. The van der Waals surface area contributed by atoms with E-state index in [2.05, 4.69) is 19.0 Å². The van der Waals surface area contributed by atoms with Gasteiger partial charge in [-0.1, -0.05) is 37.2 Å². The van der Waals surface area contributed by atoms with Crippen molar-refractivity contribution in [3.05, 3.63) is 35.9 Å². The number of nitrogens with zero attached hydrogens (tertiary/aromatic N) is 1. The highest BCUT2D eigenvalue weighted by Gasteiger charge is 2.06. The van der Waals surface area contributed by atoms with Gasteiger partial charge in [-0.3, -0.25) is 0 Å². The van der Waals surface area contributed by atoms with Crippen LogP contribution in [0.1, 0.15) is 37.6 Å². The van der Waals surface area contributed by atoms with Gasteiger partial charge < -0.3 is 4.84 Å². The molecular weight excluding hydrogens is 202 g/mol. The van der Waals surface area contributed by atoms with Crippen molar-refractivity contribution in [1.29, 1.82) is 0 Å². The topological polar surface area (TPSA) is 38.7 Å². The number of rotatable bonds is 4. The molecule has 1 aromatic rings. The summed E-state index contributed by atoms with van der Waals surface area (Å²) in [7, 11) is 0. The molecule has 0 atom stereocenters. The summed E-state index contributed by atoms with van der Waals surface area (Å²) < 4.78 is 0. The van der Waals surface area contributed by atoms with Crippen molar-refractivity contribution in [1.82, 2.24) is 0 Å². The molecule has 16 heavy (non-hydrogen) atoms. The van der Waals surface area contributed by atoms with Crippen LogP contribution in [0.4, 0.5) is 0 Å². The monoisotopic (exact) mass is 219 g/mol. The minimum Gasteiger partial charge on any atom is -0.313 e. The van der Waals surface area contributed by atoms with E-state index in [0.29, 0.717) is 11.5 Å². The van der Waals surface area contributed by atoms with Gasteiger partial charge in [-0.05, 0) is 31.4 Å². The number of benzene rings is 1. The molecule has 0 saturated carbocycles. The van der Waals surface area contributed by atoms with Gasteiger partial charge in [-0.15, -0.1) is 0 Å². The largest absolute Gasteiger partial charge is 0.365 e. The third-order valence-electron chi connectivity index (χ3n) is 2.00. The molecule has 0 N–H and O–H groups in total. The molecule has 1 rings (SSSR count). The maximum atomic E-state index is 11.5. The van der Waals surface area contributed by atoms with Crippen LogP contribution in [-0.4, -0.2) is 11.7 Å². The average molecular weight is 219 g/mol. The molecule has 0 fully saturated rings. The molecule has 0 aliphatic carbocycles. The molecule has 0 unspecified atom stereocenters. The van der Waals surface area contributed by atoms with Crippen LogP contribution in [0, 0.1) is 5.92 Å². The molecule has 0 heterocycles. The molecule has 0 aliphatic rings. The highest BCUT2D eigenvalue weighted by Crippen LogP contribution is 2.04. The first kappa shape index (κ1) is 12.4. The summed E-state index contributed by atoms with van der Waals surface area (Å²) in [6.45, 7) is 6.05. The van der Waals surface area contributed by atoms with Gasteiger partial charge in [-0.2, -0.15) is 0 Å². The van der Waals surface area contributed by atoms with Gasteiger partial charge in [-0.25, -0.2) is 4.79 Å². The molecule has 3 heteroatoms.